The molecule has 0 aliphatic heterocycles. The van der Waals surface area contributed by atoms with Gasteiger partial charge in [0.1, 0.15) is 17.1 Å². The zero-order valence-electron chi connectivity index (χ0n) is 19.1. The van der Waals surface area contributed by atoms with Crippen LogP contribution in [0.3, 0.4) is 0 Å². The van der Waals surface area contributed by atoms with Crippen LogP contribution >= 0.6 is 0 Å². The van der Waals surface area contributed by atoms with Crippen molar-refractivity contribution in [2.75, 3.05) is 13.7 Å². The number of rotatable bonds is 11. The van der Waals surface area contributed by atoms with Gasteiger partial charge in [-0.2, -0.15) is 0 Å². The predicted octanol–water partition coefficient (Wildman–Crippen LogP) is 6.30. The van der Waals surface area contributed by atoms with E-state index in [0.717, 1.165) is 36.1 Å². The number of aromatic nitrogens is 3. The Bertz CT molecular complexity index is 974. The summed E-state index contributed by atoms with van der Waals surface area (Å²) in [6, 6.07) is 14.2. The zero-order chi connectivity index (χ0) is 22.1. The standard InChI is InChI=1S/C26H33N3O2/c1-5-8-9-13-18-31-25-21(7-3)19(6-2)16-17-22(25)24-26(30-4)23(27-29-28-24)20-14-11-10-12-15-20/h10-12,14-17H,5-9,13,18H2,1-4H3. The van der Waals surface area contributed by atoms with Crippen LogP contribution in [0.4, 0.5) is 0 Å². The second kappa shape index (κ2) is 11.4. The largest absolute Gasteiger partial charge is 0.493 e. The molecule has 0 radical (unpaired) electrons. The van der Waals surface area contributed by atoms with E-state index in [-0.39, 0.29) is 0 Å². The fourth-order valence-electron chi connectivity index (χ4n) is 3.91. The topological polar surface area (TPSA) is 57.1 Å². The molecule has 0 amide bonds. The molecule has 5 nitrogen and oxygen atoms in total. The maximum absolute atomic E-state index is 6.40. The molecule has 0 aliphatic carbocycles. The summed E-state index contributed by atoms with van der Waals surface area (Å²) < 4.78 is 12.2. The van der Waals surface area contributed by atoms with E-state index in [0.29, 0.717) is 23.7 Å². The van der Waals surface area contributed by atoms with Gasteiger partial charge in [-0.05, 0) is 41.7 Å². The molecule has 1 aromatic heterocycles. The number of unbranched alkanes of at least 4 members (excludes halogenated alkanes) is 3. The van der Waals surface area contributed by atoms with Crippen LogP contribution < -0.4 is 9.47 Å². The van der Waals surface area contributed by atoms with Crippen molar-refractivity contribution in [1.82, 2.24) is 15.4 Å². The van der Waals surface area contributed by atoms with Gasteiger partial charge in [-0.1, -0.05) is 76.4 Å². The number of methoxy groups -OCH3 is 1. The monoisotopic (exact) mass is 419 g/mol. The molecule has 0 fully saturated rings. The van der Waals surface area contributed by atoms with E-state index in [2.05, 4.69) is 48.3 Å². The third-order valence-corrected chi connectivity index (χ3v) is 5.56. The Morgan fingerprint density at radius 1 is 0.774 bits per heavy atom. The Morgan fingerprint density at radius 2 is 1.55 bits per heavy atom. The lowest BCUT2D eigenvalue weighted by Gasteiger charge is -2.19. The molecule has 0 spiro atoms. The number of hydrogen-bond donors (Lipinski definition) is 0. The van der Waals surface area contributed by atoms with Crippen LogP contribution in [0.1, 0.15) is 57.6 Å². The third-order valence-electron chi connectivity index (χ3n) is 5.56. The third kappa shape index (κ3) is 5.22. The molecule has 0 saturated heterocycles. The molecule has 31 heavy (non-hydrogen) atoms. The fraction of sp³-hybridized carbons (Fsp3) is 0.423. The van der Waals surface area contributed by atoms with Crippen molar-refractivity contribution in [3.8, 4) is 34.0 Å². The minimum Gasteiger partial charge on any atom is -0.493 e. The number of hydrogen-bond acceptors (Lipinski definition) is 5. The highest BCUT2D eigenvalue weighted by Crippen LogP contribution is 2.41. The summed E-state index contributed by atoms with van der Waals surface area (Å²) in [6.45, 7) is 7.27. The quantitative estimate of drug-likeness (QED) is 0.341. The normalized spacial score (nSPS) is 10.8. The molecule has 2 aromatic carbocycles. The molecule has 0 unspecified atom stereocenters. The van der Waals surface area contributed by atoms with Crippen molar-refractivity contribution in [2.45, 2.75) is 59.3 Å². The zero-order valence-corrected chi connectivity index (χ0v) is 19.1. The number of ether oxygens (including phenoxy) is 2. The van der Waals surface area contributed by atoms with Gasteiger partial charge in [0.2, 0.25) is 0 Å². The van der Waals surface area contributed by atoms with Crippen LogP contribution in [-0.2, 0) is 12.8 Å². The van der Waals surface area contributed by atoms with Crippen molar-refractivity contribution in [3.63, 3.8) is 0 Å². The first-order valence-electron chi connectivity index (χ1n) is 11.4. The first-order valence-corrected chi connectivity index (χ1v) is 11.4. The average Bonchev–Trinajstić information content (AvgIpc) is 2.83. The second-order valence-electron chi connectivity index (χ2n) is 7.58. The van der Waals surface area contributed by atoms with Gasteiger partial charge in [0.05, 0.1) is 13.7 Å². The molecule has 0 saturated carbocycles. The maximum atomic E-state index is 6.40. The van der Waals surface area contributed by atoms with Gasteiger partial charge in [0.15, 0.2) is 5.75 Å². The molecular formula is C26H33N3O2. The summed E-state index contributed by atoms with van der Waals surface area (Å²) in [5.74, 6) is 1.51. The maximum Gasteiger partial charge on any atom is 0.175 e. The van der Waals surface area contributed by atoms with Crippen molar-refractivity contribution in [2.24, 2.45) is 0 Å². The lowest BCUT2D eigenvalue weighted by molar-refractivity contribution is 0.303. The molecular weight excluding hydrogens is 386 g/mol. The predicted molar refractivity (Wildman–Crippen MR) is 126 cm³/mol. The Balaban J connectivity index is 2.09. The number of nitrogens with zero attached hydrogens (tertiary/aromatic N) is 3. The summed E-state index contributed by atoms with van der Waals surface area (Å²) in [7, 11) is 1.65. The van der Waals surface area contributed by atoms with Crippen molar-refractivity contribution >= 4 is 0 Å². The van der Waals surface area contributed by atoms with Crippen LogP contribution in [0, 0.1) is 0 Å². The Kier molecular flexibility index (Phi) is 8.39. The van der Waals surface area contributed by atoms with E-state index >= 15 is 0 Å². The van der Waals surface area contributed by atoms with E-state index in [1.54, 1.807) is 7.11 Å². The van der Waals surface area contributed by atoms with E-state index in [1.165, 1.54) is 30.4 Å². The van der Waals surface area contributed by atoms with Crippen molar-refractivity contribution < 1.29 is 9.47 Å². The van der Waals surface area contributed by atoms with Crippen molar-refractivity contribution in [1.29, 1.82) is 0 Å². The van der Waals surface area contributed by atoms with E-state index < -0.39 is 0 Å². The van der Waals surface area contributed by atoms with E-state index in [4.69, 9.17) is 9.47 Å². The van der Waals surface area contributed by atoms with Crippen LogP contribution in [0.15, 0.2) is 42.5 Å². The van der Waals surface area contributed by atoms with Gasteiger partial charge < -0.3 is 9.47 Å². The smallest absolute Gasteiger partial charge is 0.175 e. The molecule has 3 rings (SSSR count). The SMILES string of the molecule is CCCCCCOc1c(-c2nnnc(-c3ccccc3)c2OC)ccc(CC)c1CC. The lowest BCUT2D eigenvalue weighted by Crippen LogP contribution is -2.07. The number of benzene rings is 2. The van der Waals surface area contributed by atoms with Gasteiger partial charge in [-0.3, -0.25) is 0 Å². The van der Waals surface area contributed by atoms with Gasteiger partial charge in [0, 0.05) is 11.1 Å². The highest BCUT2D eigenvalue weighted by atomic mass is 16.5. The summed E-state index contributed by atoms with van der Waals surface area (Å²) in [4.78, 5) is 0. The van der Waals surface area contributed by atoms with Gasteiger partial charge >= 0.3 is 0 Å². The molecule has 164 valence electrons. The van der Waals surface area contributed by atoms with Crippen LogP contribution in [0.5, 0.6) is 11.5 Å². The van der Waals surface area contributed by atoms with Crippen LogP contribution in [-0.4, -0.2) is 29.1 Å². The summed E-state index contributed by atoms with van der Waals surface area (Å²) in [6.07, 6.45) is 6.52. The highest BCUT2D eigenvalue weighted by Gasteiger charge is 2.22. The summed E-state index contributed by atoms with van der Waals surface area (Å²) >= 11 is 0. The Labute approximate surface area is 185 Å². The van der Waals surface area contributed by atoms with E-state index in [1.807, 2.05) is 30.3 Å². The van der Waals surface area contributed by atoms with Crippen molar-refractivity contribution in [3.05, 3.63) is 53.6 Å². The molecule has 5 heteroatoms. The molecule has 1 heterocycles. The van der Waals surface area contributed by atoms with Gasteiger partial charge in [0.25, 0.3) is 0 Å². The average molecular weight is 420 g/mol. The number of aryl methyl sites for hydroxylation is 1. The Morgan fingerprint density at radius 3 is 2.23 bits per heavy atom. The minimum atomic E-state index is 0.614. The first-order chi connectivity index (χ1) is 15.2. The molecule has 0 bridgehead atoms. The van der Waals surface area contributed by atoms with E-state index in [9.17, 15) is 0 Å². The highest BCUT2D eigenvalue weighted by molar-refractivity contribution is 5.80. The minimum absolute atomic E-state index is 0.614. The second-order valence-corrected chi connectivity index (χ2v) is 7.58. The fourth-order valence-corrected chi connectivity index (χ4v) is 3.91. The molecule has 0 N–H and O–H groups in total. The molecule has 3 aromatic rings. The van der Waals surface area contributed by atoms with Gasteiger partial charge in [-0.25, -0.2) is 0 Å². The summed E-state index contributed by atoms with van der Waals surface area (Å²) in [5.41, 5.74) is 5.74. The Hall–Kier alpha value is -2.95. The van der Waals surface area contributed by atoms with Gasteiger partial charge in [-0.15, -0.1) is 10.2 Å². The lowest BCUT2D eigenvalue weighted by atomic mass is 9.96. The van der Waals surface area contributed by atoms with Crippen LogP contribution in [0.25, 0.3) is 22.5 Å². The van der Waals surface area contributed by atoms with Crippen LogP contribution in [0.2, 0.25) is 0 Å². The first kappa shape index (κ1) is 22.7. The molecule has 0 atom stereocenters. The molecule has 0 aliphatic rings. The summed E-state index contributed by atoms with van der Waals surface area (Å²) in [5, 5.41) is 12.7.